The third-order valence-corrected chi connectivity index (χ3v) is 8.69. The van der Waals surface area contributed by atoms with Crippen LogP contribution in [0.2, 0.25) is 10.0 Å². The van der Waals surface area contributed by atoms with Crippen LogP contribution in [0.15, 0.2) is 33.5 Å². The lowest BCUT2D eigenvalue weighted by atomic mass is 9.69. The van der Waals surface area contributed by atoms with Crippen LogP contribution < -0.4 is 10.6 Å². The first-order chi connectivity index (χ1) is 16.6. The first-order valence-electron chi connectivity index (χ1n) is 11.9. The van der Waals surface area contributed by atoms with Crippen molar-refractivity contribution < 1.29 is 4.42 Å². The van der Waals surface area contributed by atoms with Crippen LogP contribution in [-0.2, 0) is 10.8 Å². The van der Waals surface area contributed by atoms with Gasteiger partial charge in [0.05, 0.1) is 20.9 Å². The Morgan fingerprint density at radius 3 is 2.46 bits per heavy atom. The largest absolute Gasteiger partial charge is 0.437 e. The fraction of sp³-hybridized carbons (Fsp3) is 0.370. The zero-order valence-corrected chi connectivity index (χ0v) is 21.5. The van der Waals surface area contributed by atoms with Gasteiger partial charge in [0.25, 0.3) is 0 Å². The predicted molar refractivity (Wildman–Crippen MR) is 142 cm³/mol. The number of aromatic nitrogens is 3. The fourth-order valence-electron chi connectivity index (χ4n) is 6.02. The number of fused-ring (bicyclic) bond motifs is 7. The van der Waals surface area contributed by atoms with E-state index >= 15 is 0 Å². The minimum absolute atomic E-state index is 0.0482. The van der Waals surface area contributed by atoms with Crippen molar-refractivity contribution in [3.8, 4) is 0 Å². The second-order valence-electron chi connectivity index (χ2n) is 11.2. The number of halogens is 2. The predicted octanol–water partition coefficient (Wildman–Crippen LogP) is 6.62. The third-order valence-electron chi connectivity index (χ3n) is 8.08. The van der Waals surface area contributed by atoms with E-state index in [9.17, 15) is 4.79 Å². The quantitative estimate of drug-likeness (QED) is 0.221. The second-order valence-corrected chi connectivity index (χ2v) is 12.0. The smallest absolute Gasteiger partial charge is 0.357 e. The van der Waals surface area contributed by atoms with Gasteiger partial charge in [-0.15, -0.1) is 0 Å². The van der Waals surface area contributed by atoms with E-state index < -0.39 is 5.69 Å². The maximum absolute atomic E-state index is 13.2. The number of hydrogen-bond acceptors (Lipinski definition) is 5. The van der Waals surface area contributed by atoms with Crippen molar-refractivity contribution in [1.82, 2.24) is 14.4 Å². The summed E-state index contributed by atoms with van der Waals surface area (Å²) in [5.41, 5.74) is 5.79. The SMILES string of the molecule is CC1(C)CCN2CCC(C)(C)c3c2c1cc1cc2c(nc(=O)n4c2nc2c(Cl)ccc(Cl)c24)oc31. The molecule has 0 N–H and O–H groups in total. The molecule has 0 fully saturated rings. The van der Waals surface area contributed by atoms with E-state index in [4.69, 9.17) is 32.6 Å². The minimum atomic E-state index is -0.490. The van der Waals surface area contributed by atoms with Crippen molar-refractivity contribution in [2.24, 2.45) is 0 Å². The molecular formula is C27H24Cl2N4O2. The van der Waals surface area contributed by atoms with Crippen LogP contribution >= 0.6 is 23.2 Å². The van der Waals surface area contributed by atoms with Gasteiger partial charge in [0.2, 0.25) is 5.71 Å². The molecule has 2 aliphatic heterocycles. The number of benzene rings is 2. The third kappa shape index (κ3) is 2.75. The minimum Gasteiger partial charge on any atom is -0.437 e. The van der Waals surface area contributed by atoms with E-state index in [1.54, 1.807) is 12.1 Å². The summed E-state index contributed by atoms with van der Waals surface area (Å²) in [6, 6.07) is 7.67. The Morgan fingerprint density at radius 1 is 0.971 bits per heavy atom. The van der Waals surface area contributed by atoms with Gasteiger partial charge in [0.1, 0.15) is 11.1 Å². The van der Waals surface area contributed by atoms with Gasteiger partial charge in [-0.1, -0.05) is 50.9 Å². The van der Waals surface area contributed by atoms with E-state index in [1.165, 1.54) is 21.2 Å². The van der Waals surface area contributed by atoms with Crippen molar-refractivity contribution in [2.45, 2.75) is 51.4 Å². The van der Waals surface area contributed by atoms with Crippen LogP contribution in [0.5, 0.6) is 0 Å². The van der Waals surface area contributed by atoms with Crippen LogP contribution in [0.25, 0.3) is 38.7 Å². The van der Waals surface area contributed by atoms with Gasteiger partial charge < -0.3 is 9.32 Å². The molecule has 2 aromatic carbocycles. The van der Waals surface area contributed by atoms with Gasteiger partial charge in [0, 0.05) is 29.7 Å². The maximum Gasteiger partial charge on any atom is 0.357 e. The van der Waals surface area contributed by atoms with Crippen LogP contribution in [0.1, 0.15) is 51.7 Å². The molecule has 0 spiro atoms. The summed E-state index contributed by atoms with van der Waals surface area (Å²) in [7, 11) is 0. The van der Waals surface area contributed by atoms with Crippen LogP contribution in [0.3, 0.4) is 0 Å². The Morgan fingerprint density at radius 2 is 1.69 bits per heavy atom. The Bertz CT molecular complexity index is 1810. The lowest BCUT2D eigenvalue weighted by molar-refractivity contribution is 0.400. The molecule has 0 amide bonds. The average Bonchev–Trinajstić information content (AvgIpc) is 3.22. The molecule has 0 saturated heterocycles. The lowest BCUT2D eigenvalue weighted by Gasteiger charge is -2.48. The van der Waals surface area contributed by atoms with Gasteiger partial charge in [-0.3, -0.25) is 0 Å². The molecule has 0 saturated carbocycles. The molecule has 178 valence electrons. The Balaban J connectivity index is 1.68. The standard InChI is InChI=1S/C27H24Cl2N4O2/c1-26(2)7-9-32-10-8-27(3,4)18-20(32)15(26)12-13-11-14-23-30-19-16(28)5-6-17(29)21(19)33(23)25(34)31-24(14)35-22(13)18/h5-6,11-12H,7-10H2,1-4H3. The zero-order chi connectivity index (χ0) is 24.4. The highest BCUT2D eigenvalue weighted by Gasteiger charge is 2.42. The lowest BCUT2D eigenvalue weighted by Crippen LogP contribution is -2.44. The Hall–Kier alpha value is -2.83. The summed E-state index contributed by atoms with van der Waals surface area (Å²) >= 11 is 12.9. The van der Waals surface area contributed by atoms with Crippen molar-refractivity contribution >= 4 is 67.6 Å². The van der Waals surface area contributed by atoms with Crippen LogP contribution in [0.4, 0.5) is 5.69 Å². The monoisotopic (exact) mass is 506 g/mol. The molecule has 0 unspecified atom stereocenters. The first-order valence-corrected chi connectivity index (χ1v) is 12.7. The Labute approximate surface area is 211 Å². The van der Waals surface area contributed by atoms with Crippen molar-refractivity contribution in [2.75, 3.05) is 18.0 Å². The van der Waals surface area contributed by atoms with E-state index in [0.717, 1.165) is 36.9 Å². The molecule has 8 heteroatoms. The van der Waals surface area contributed by atoms with Gasteiger partial charge in [-0.25, -0.2) is 14.2 Å². The summed E-state index contributed by atoms with van der Waals surface area (Å²) in [4.78, 5) is 24.7. The normalized spacial score (nSPS) is 18.6. The van der Waals surface area contributed by atoms with Crippen molar-refractivity contribution in [1.29, 1.82) is 0 Å². The Kier molecular flexibility index (Phi) is 4.09. The molecule has 7 rings (SSSR count). The molecule has 0 radical (unpaired) electrons. The molecule has 2 aliphatic rings. The molecule has 0 atom stereocenters. The molecule has 5 aromatic rings. The summed E-state index contributed by atoms with van der Waals surface area (Å²) in [6.45, 7) is 11.3. The summed E-state index contributed by atoms with van der Waals surface area (Å²) in [5, 5.41) is 2.48. The topological polar surface area (TPSA) is 63.6 Å². The molecule has 6 nitrogen and oxygen atoms in total. The number of imidazole rings is 1. The van der Waals surface area contributed by atoms with E-state index in [1.807, 2.05) is 0 Å². The molecular weight excluding hydrogens is 483 g/mol. The van der Waals surface area contributed by atoms with Gasteiger partial charge in [0.15, 0.2) is 5.65 Å². The summed E-state index contributed by atoms with van der Waals surface area (Å²) in [6.07, 6.45) is 2.14. The second kappa shape index (κ2) is 6.68. The molecule has 5 heterocycles. The number of nitrogens with zero attached hydrogens (tertiary/aromatic N) is 4. The molecule has 35 heavy (non-hydrogen) atoms. The highest BCUT2D eigenvalue weighted by atomic mass is 35.5. The molecule has 0 bridgehead atoms. The number of hydrogen-bond donors (Lipinski definition) is 0. The summed E-state index contributed by atoms with van der Waals surface area (Å²) in [5.74, 6) is 0. The zero-order valence-electron chi connectivity index (χ0n) is 20.0. The molecule has 3 aromatic heterocycles. The average molecular weight is 507 g/mol. The summed E-state index contributed by atoms with van der Waals surface area (Å²) < 4.78 is 7.94. The maximum atomic E-state index is 13.2. The highest BCUT2D eigenvalue weighted by Crippen LogP contribution is 2.52. The van der Waals surface area contributed by atoms with E-state index in [0.29, 0.717) is 32.1 Å². The fourth-order valence-corrected chi connectivity index (χ4v) is 6.45. The number of anilines is 1. The van der Waals surface area contributed by atoms with Crippen LogP contribution in [0, 0.1) is 0 Å². The van der Waals surface area contributed by atoms with Crippen molar-refractivity contribution in [3.63, 3.8) is 0 Å². The van der Waals surface area contributed by atoms with Gasteiger partial charge in [-0.2, -0.15) is 4.98 Å². The first kappa shape index (κ1) is 21.5. The van der Waals surface area contributed by atoms with E-state index in [-0.39, 0.29) is 16.5 Å². The van der Waals surface area contributed by atoms with Crippen LogP contribution in [-0.4, -0.2) is 27.5 Å². The molecule has 0 aliphatic carbocycles. The van der Waals surface area contributed by atoms with Crippen molar-refractivity contribution in [3.05, 3.63) is 55.9 Å². The van der Waals surface area contributed by atoms with E-state index in [2.05, 4.69) is 49.7 Å². The number of rotatable bonds is 0. The van der Waals surface area contributed by atoms with Gasteiger partial charge in [-0.05, 0) is 53.5 Å². The van der Waals surface area contributed by atoms with Gasteiger partial charge >= 0.3 is 5.69 Å². The highest BCUT2D eigenvalue weighted by molar-refractivity contribution is 6.39.